The molecule has 0 aliphatic rings. The molecule has 0 saturated heterocycles. The van der Waals surface area contributed by atoms with Gasteiger partial charge in [0, 0.05) is 25.3 Å². The highest BCUT2D eigenvalue weighted by atomic mass is 35.5. The lowest BCUT2D eigenvalue weighted by Crippen LogP contribution is -2.17. The van der Waals surface area contributed by atoms with Gasteiger partial charge in [0.1, 0.15) is 10.0 Å². The van der Waals surface area contributed by atoms with Crippen molar-refractivity contribution < 1.29 is 8.42 Å². The zero-order chi connectivity index (χ0) is 15.6. The number of halogens is 2. The highest BCUT2D eigenvalue weighted by Crippen LogP contribution is 2.29. The summed E-state index contributed by atoms with van der Waals surface area (Å²) in [6, 6.07) is 7.79. The summed E-state index contributed by atoms with van der Waals surface area (Å²) >= 11 is 11.6. The van der Waals surface area contributed by atoms with Crippen LogP contribution in [-0.4, -0.2) is 27.5 Å². The van der Waals surface area contributed by atoms with E-state index in [1.807, 2.05) is 14.1 Å². The molecule has 0 unspecified atom stereocenters. The number of aromatic nitrogens is 1. The summed E-state index contributed by atoms with van der Waals surface area (Å²) in [6.45, 7) is 0. The fourth-order valence-electron chi connectivity index (χ4n) is 1.70. The van der Waals surface area contributed by atoms with Crippen LogP contribution in [0.4, 0.5) is 11.4 Å². The molecule has 0 fully saturated rings. The summed E-state index contributed by atoms with van der Waals surface area (Å²) in [5.74, 6) is 0. The first-order valence-corrected chi connectivity index (χ1v) is 8.15. The highest BCUT2D eigenvalue weighted by Gasteiger charge is 2.17. The number of anilines is 2. The van der Waals surface area contributed by atoms with Crippen molar-refractivity contribution in [3.05, 3.63) is 46.7 Å². The second kappa shape index (κ2) is 6.09. The molecular weight excluding hydrogens is 333 g/mol. The lowest BCUT2D eigenvalue weighted by Gasteiger charge is -2.18. The Hall–Kier alpha value is -1.50. The average Bonchev–Trinajstić information content (AvgIpc) is 2.38. The summed E-state index contributed by atoms with van der Waals surface area (Å²) in [4.78, 5) is 5.58. The van der Waals surface area contributed by atoms with Gasteiger partial charge in [0.15, 0.2) is 0 Å². The fraction of sp³-hybridized carbons (Fsp3) is 0.154. The monoisotopic (exact) mass is 345 g/mol. The van der Waals surface area contributed by atoms with Gasteiger partial charge in [0.05, 0.1) is 11.4 Å². The van der Waals surface area contributed by atoms with E-state index in [1.165, 1.54) is 18.3 Å². The van der Waals surface area contributed by atoms with Crippen molar-refractivity contribution in [1.29, 1.82) is 0 Å². The van der Waals surface area contributed by atoms with Crippen LogP contribution in [0.5, 0.6) is 0 Å². The first-order chi connectivity index (χ1) is 9.79. The Kier molecular flexibility index (Phi) is 4.61. The SMILES string of the molecule is CN(C)c1ccc(Cl)cc1NS(=O)(=O)c1ccc(Cl)nc1. The molecule has 0 aliphatic heterocycles. The Labute approximate surface area is 133 Å². The molecule has 0 spiro atoms. The van der Waals surface area contributed by atoms with Gasteiger partial charge in [0.2, 0.25) is 0 Å². The third kappa shape index (κ3) is 3.78. The Bertz CT molecular complexity index is 747. The largest absolute Gasteiger partial charge is 0.376 e. The summed E-state index contributed by atoms with van der Waals surface area (Å²) in [5.41, 5.74) is 1.09. The molecule has 0 bridgehead atoms. The van der Waals surface area contributed by atoms with Crippen molar-refractivity contribution >= 4 is 44.6 Å². The number of benzene rings is 1. The summed E-state index contributed by atoms with van der Waals surface area (Å²) in [7, 11) is -0.139. The average molecular weight is 346 g/mol. The van der Waals surface area contributed by atoms with Crippen molar-refractivity contribution in [2.45, 2.75) is 4.90 Å². The molecule has 8 heteroatoms. The molecule has 1 heterocycles. The second-order valence-electron chi connectivity index (χ2n) is 4.48. The van der Waals surface area contributed by atoms with E-state index in [0.717, 1.165) is 0 Å². The predicted octanol–water partition coefficient (Wildman–Crippen LogP) is 3.26. The van der Waals surface area contributed by atoms with Gasteiger partial charge in [-0.2, -0.15) is 0 Å². The van der Waals surface area contributed by atoms with Gasteiger partial charge in [-0.3, -0.25) is 4.72 Å². The molecule has 0 saturated carbocycles. The predicted molar refractivity (Wildman–Crippen MR) is 85.8 cm³/mol. The number of hydrogen-bond acceptors (Lipinski definition) is 4. The van der Waals surface area contributed by atoms with Gasteiger partial charge in [-0.05, 0) is 30.3 Å². The molecule has 5 nitrogen and oxygen atoms in total. The number of pyridine rings is 1. The van der Waals surface area contributed by atoms with Gasteiger partial charge < -0.3 is 4.90 Å². The molecule has 1 N–H and O–H groups in total. The molecule has 2 rings (SSSR count). The Morgan fingerprint density at radius 3 is 2.43 bits per heavy atom. The van der Waals surface area contributed by atoms with Crippen LogP contribution in [0.2, 0.25) is 10.2 Å². The van der Waals surface area contributed by atoms with E-state index in [-0.39, 0.29) is 10.0 Å². The lowest BCUT2D eigenvalue weighted by molar-refractivity contribution is 0.601. The Balaban J connectivity index is 2.41. The molecule has 2 aromatic rings. The maximum absolute atomic E-state index is 12.3. The van der Waals surface area contributed by atoms with Crippen LogP contribution in [0.1, 0.15) is 0 Å². The van der Waals surface area contributed by atoms with Crippen LogP contribution < -0.4 is 9.62 Å². The van der Waals surface area contributed by atoms with E-state index in [4.69, 9.17) is 23.2 Å². The van der Waals surface area contributed by atoms with Crippen LogP contribution >= 0.6 is 23.2 Å². The Morgan fingerprint density at radius 1 is 1.14 bits per heavy atom. The van der Waals surface area contributed by atoms with E-state index in [9.17, 15) is 8.42 Å². The second-order valence-corrected chi connectivity index (χ2v) is 6.98. The van der Waals surface area contributed by atoms with Gasteiger partial charge in [-0.1, -0.05) is 23.2 Å². The number of hydrogen-bond donors (Lipinski definition) is 1. The molecule has 1 aromatic heterocycles. The van der Waals surface area contributed by atoms with Gasteiger partial charge in [0.25, 0.3) is 10.0 Å². The smallest absolute Gasteiger partial charge is 0.263 e. The standard InChI is InChI=1S/C13H13Cl2N3O2S/c1-18(2)12-5-3-9(14)7-11(12)17-21(19,20)10-4-6-13(15)16-8-10/h3-8,17H,1-2H3. The minimum Gasteiger partial charge on any atom is -0.376 e. The van der Waals surface area contributed by atoms with E-state index >= 15 is 0 Å². The molecule has 1 aromatic carbocycles. The molecular formula is C13H13Cl2N3O2S. The topological polar surface area (TPSA) is 62.3 Å². The van der Waals surface area contributed by atoms with Crippen molar-refractivity contribution in [2.75, 3.05) is 23.7 Å². The maximum atomic E-state index is 12.3. The number of sulfonamides is 1. The van der Waals surface area contributed by atoms with Gasteiger partial charge in [-0.25, -0.2) is 13.4 Å². The van der Waals surface area contributed by atoms with Crippen LogP contribution in [0, 0.1) is 0 Å². The first kappa shape index (κ1) is 15.9. The lowest BCUT2D eigenvalue weighted by atomic mass is 10.2. The first-order valence-electron chi connectivity index (χ1n) is 5.91. The molecule has 0 atom stereocenters. The molecule has 0 amide bonds. The van der Waals surface area contributed by atoms with Crippen molar-refractivity contribution in [2.24, 2.45) is 0 Å². The van der Waals surface area contributed by atoms with Crippen LogP contribution in [0.3, 0.4) is 0 Å². The highest BCUT2D eigenvalue weighted by molar-refractivity contribution is 7.92. The summed E-state index contributed by atoms with van der Waals surface area (Å²) in [5, 5.41) is 0.665. The summed E-state index contributed by atoms with van der Waals surface area (Å²) in [6.07, 6.45) is 1.20. The maximum Gasteiger partial charge on any atom is 0.263 e. The molecule has 0 aliphatic carbocycles. The third-order valence-electron chi connectivity index (χ3n) is 2.70. The number of nitrogens with zero attached hydrogens (tertiary/aromatic N) is 2. The van der Waals surface area contributed by atoms with E-state index < -0.39 is 10.0 Å². The fourth-order valence-corrected chi connectivity index (χ4v) is 3.00. The van der Waals surface area contributed by atoms with Crippen LogP contribution in [-0.2, 0) is 10.0 Å². The zero-order valence-electron chi connectivity index (χ0n) is 11.3. The van der Waals surface area contributed by atoms with E-state index in [1.54, 1.807) is 23.1 Å². The Morgan fingerprint density at radius 2 is 1.86 bits per heavy atom. The van der Waals surface area contributed by atoms with Crippen molar-refractivity contribution in [3.63, 3.8) is 0 Å². The summed E-state index contributed by atoms with van der Waals surface area (Å²) < 4.78 is 27.2. The van der Waals surface area contributed by atoms with Crippen molar-refractivity contribution in [1.82, 2.24) is 4.98 Å². The molecule has 21 heavy (non-hydrogen) atoms. The van der Waals surface area contributed by atoms with Gasteiger partial charge >= 0.3 is 0 Å². The third-order valence-corrected chi connectivity index (χ3v) is 4.50. The van der Waals surface area contributed by atoms with Crippen LogP contribution in [0.15, 0.2) is 41.4 Å². The van der Waals surface area contributed by atoms with E-state index in [0.29, 0.717) is 16.4 Å². The molecule has 112 valence electrons. The van der Waals surface area contributed by atoms with Crippen LogP contribution in [0.25, 0.3) is 0 Å². The number of nitrogens with one attached hydrogen (secondary N) is 1. The van der Waals surface area contributed by atoms with Gasteiger partial charge in [-0.15, -0.1) is 0 Å². The van der Waals surface area contributed by atoms with Crippen molar-refractivity contribution in [3.8, 4) is 0 Å². The molecule has 0 radical (unpaired) electrons. The normalized spacial score (nSPS) is 11.2. The minimum absolute atomic E-state index is 0.0246. The quantitative estimate of drug-likeness (QED) is 0.864. The number of rotatable bonds is 4. The minimum atomic E-state index is -3.76. The zero-order valence-corrected chi connectivity index (χ0v) is 13.7. The van der Waals surface area contributed by atoms with E-state index in [2.05, 4.69) is 9.71 Å².